The molecule has 148 valence electrons. The van der Waals surface area contributed by atoms with E-state index in [9.17, 15) is 4.39 Å². The van der Waals surface area contributed by atoms with Crippen molar-refractivity contribution in [3.8, 4) is 5.69 Å². The first-order valence-corrected chi connectivity index (χ1v) is 10.4. The Morgan fingerprint density at radius 2 is 1.93 bits per heavy atom. The fraction of sp³-hybridized carbons (Fsp3) is 0.286. The van der Waals surface area contributed by atoms with Gasteiger partial charge in [-0.25, -0.2) is 9.37 Å². The third kappa shape index (κ3) is 2.93. The zero-order valence-electron chi connectivity index (χ0n) is 16.2. The van der Waals surface area contributed by atoms with E-state index in [0.29, 0.717) is 9.99 Å². The van der Waals surface area contributed by atoms with Crippen LogP contribution in [0.25, 0.3) is 16.7 Å². The molecule has 0 unspecified atom stereocenters. The molecule has 0 spiro atoms. The van der Waals surface area contributed by atoms with Crippen molar-refractivity contribution in [3.63, 3.8) is 0 Å². The SMILES string of the molecule is Cc1ccc(-n2nccn2)c(N2CCC[C@@]2(C)c2nc3c(Br)cc(F)cc3[nH]2)c1. The summed E-state index contributed by atoms with van der Waals surface area (Å²) >= 11 is 3.44. The van der Waals surface area contributed by atoms with Crippen molar-refractivity contribution in [3.05, 3.63) is 64.4 Å². The van der Waals surface area contributed by atoms with E-state index in [4.69, 9.17) is 4.98 Å². The average Bonchev–Trinajstić information content (AvgIpc) is 3.41. The Bertz CT molecular complexity index is 1200. The standard InChI is InChI=1S/C21H20BrFN6/c1-13-4-5-17(29-24-7-8-25-29)18(10-13)28-9-3-6-21(28,2)20-26-16-12-14(23)11-15(22)19(16)27-20/h4-5,7-8,10-12H,3,6,9H2,1-2H3,(H,26,27)/t21-/m0/s1. The molecular weight excluding hydrogens is 435 g/mol. The third-order valence-corrected chi connectivity index (χ3v) is 6.32. The number of aromatic amines is 1. The fourth-order valence-electron chi connectivity index (χ4n) is 4.25. The zero-order valence-corrected chi connectivity index (χ0v) is 17.7. The first kappa shape index (κ1) is 18.3. The Balaban J connectivity index is 1.66. The number of nitrogens with zero attached hydrogens (tertiary/aromatic N) is 5. The van der Waals surface area contributed by atoms with Gasteiger partial charge in [0.1, 0.15) is 22.8 Å². The van der Waals surface area contributed by atoms with Gasteiger partial charge in [-0.2, -0.15) is 10.2 Å². The number of imidazole rings is 1. The predicted octanol–water partition coefficient (Wildman–Crippen LogP) is 4.87. The Hall–Kier alpha value is -2.74. The van der Waals surface area contributed by atoms with Gasteiger partial charge in [0.25, 0.3) is 0 Å². The molecule has 0 radical (unpaired) electrons. The van der Waals surface area contributed by atoms with Crippen LogP contribution in [0, 0.1) is 12.7 Å². The first-order valence-electron chi connectivity index (χ1n) is 9.56. The Morgan fingerprint density at radius 3 is 2.72 bits per heavy atom. The summed E-state index contributed by atoms with van der Waals surface area (Å²) in [4.78, 5) is 12.2. The molecule has 1 fully saturated rings. The molecule has 1 atom stereocenters. The lowest BCUT2D eigenvalue weighted by atomic mass is 9.97. The van der Waals surface area contributed by atoms with Crippen LogP contribution in [0.4, 0.5) is 10.1 Å². The van der Waals surface area contributed by atoms with Crippen molar-refractivity contribution in [2.24, 2.45) is 0 Å². The van der Waals surface area contributed by atoms with Crippen LogP contribution >= 0.6 is 15.9 Å². The molecule has 1 aliphatic heterocycles. The first-order chi connectivity index (χ1) is 14.0. The highest BCUT2D eigenvalue weighted by Gasteiger charge is 2.42. The lowest BCUT2D eigenvalue weighted by Crippen LogP contribution is -2.40. The van der Waals surface area contributed by atoms with Gasteiger partial charge in [0.05, 0.1) is 29.1 Å². The minimum absolute atomic E-state index is 0.293. The van der Waals surface area contributed by atoms with E-state index in [1.54, 1.807) is 17.2 Å². The summed E-state index contributed by atoms with van der Waals surface area (Å²) in [6.45, 7) is 5.16. The van der Waals surface area contributed by atoms with Crippen LogP contribution in [-0.2, 0) is 5.54 Å². The minimum Gasteiger partial charge on any atom is -0.357 e. The third-order valence-electron chi connectivity index (χ3n) is 5.71. The summed E-state index contributed by atoms with van der Waals surface area (Å²) in [6, 6.07) is 9.22. The number of aryl methyl sites for hydroxylation is 1. The molecule has 0 amide bonds. The van der Waals surface area contributed by atoms with Crippen molar-refractivity contribution in [1.82, 2.24) is 25.0 Å². The van der Waals surface area contributed by atoms with E-state index in [-0.39, 0.29) is 11.4 Å². The van der Waals surface area contributed by atoms with Gasteiger partial charge in [-0.3, -0.25) is 0 Å². The van der Waals surface area contributed by atoms with Crippen molar-refractivity contribution < 1.29 is 4.39 Å². The number of hydrogen-bond acceptors (Lipinski definition) is 4. The summed E-state index contributed by atoms with van der Waals surface area (Å²) in [5.74, 6) is 0.538. The van der Waals surface area contributed by atoms with E-state index in [1.807, 2.05) is 6.07 Å². The number of H-pyrrole nitrogens is 1. The zero-order chi connectivity index (χ0) is 20.2. The van der Waals surface area contributed by atoms with Crippen LogP contribution < -0.4 is 4.90 Å². The number of benzene rings is 2. The molecule has 29 heavy (non-hydrogen) atoms. The van der Waals surface area contributed by atoms with Crippen LogP contribution in [0.3, 0.4) is 0 Å². The van der Waals surface area contributed by atoms with Crippen LogP contribution in [0.15, 0.2) is 47.2 Å². The van der Waals surface area contributed by atoms with Crippen molar-refractivity contribution >= 4 is 32.7 Å². The lowest BCUT2D eigenvalue weighted by molar-refractivity contribution is 0.466. The molecular formula is C21H20BrFN6. The maximum atomic E-state index is 13.9. The second-order valence-electron chi connectivity index (χ2n) is 7.71. The number of nitrogens with one attached hydrogen (secondary N) is 1. The normalized spacial score (nSPS) is 19.4. The fourth-order valence-corrected chi connectivity index (χ4v) is 4.77. The van der Waals surface area contributed by atoms with Gasteiger partial charge >= 0.3 is 0 Å². The molecule has 1 saturated heterocycles. The van der Waals surface area contributed by atoms with Gasteiger partial charge in [-0.15, -0.1) is 4.80 Å². The monoisotopic (exact) mass is 454 g/mol. The maximum absolute atomic E-state index is 13.9. The number of anilines is 1. The minimum atomic E-state index is -0.357. The summed E-state index contributed by atoms with van der Waals surface area (Å²) < 4.78 is 14.5. The van der Waals surface area contributed by atoms with Gasteiger partial charge in [-0.1, -0.05) is 6.07 Å². The molecule has 3 heterocycles. The van der Waals surface area contributed by atoms with Gasteiger partial charge in [0.15, 0.2) is 0 Å². The van der Waals surface area contributed by atoms with Gasteiger partial charge in [0, 0.05) is 11.0 Å². The van der Waals surface area contributed by atoms with E-state index in [1.165, 1.54) is 17.7 Å². The molecule has 8 heteroatoms. The Morgan fingerprint density at radius 1 is 1.14 bits per heavy atom. The summed E-state index contributed by atoms with van der Waals surface area (Å²) in [5, 5.41) is 8.66. The highest BCUT2D eigenvalue weighted by Crippen LogP contribution is 2.43. The Labute approximate surface area is 175 Å². The molecule has 0 saturated carbocycles. The van der Waals surface area contributed by atoms with Crippen LogP contribution in [-0.4, -0.2) is 31.5 Å². The molecule has 6 nitrogen and oxygen atoms in total. The highest BCUT2D eigenvalue weighted by molar-refractivity contribution is 9.10. The van der Waals surface area contributed by atoms with Crippen LogP contribution in [0.1, 0.15) is 31.2 Å². The topological polar surface area (TPSA) is 62.6 Å². The van der Waals surface area contributed by atoms with E-state index >= 15 is 0 Å². The maximum Gasteiger partial charge on any atom is 0.133 e. The number of fused-ring (bicyclic) bond motifs is 1. The van der Waals surface area contributed by atoms with Crippen molar-refractivity contribution in [2.45, 2.75) is 32.2 Å². The average molecular weight is 455 g/mol. The lowest BCUT2D eigenvalue weighted by Gasteiger charge is -2.36. The number of aromatic nitrogens is 5. The molecule has 0 aliphatic carbocycles. The van der Waals surface area contributed by atoms with Crippen molar-refractivity contribution in [2.75, 3.05) is 11.4 Å². The van der Waals surface area contributed by atoms with Gasteiger partial charge in [-0.05, 0) is 72.4 Å². The Kier molecular flexibility index (Phi) is 4.20. The highest BCUT2D eigenvalue weighted by atomic mass is 79.9. The number of rotatable bonds is 3. The van der Waals surface area contributed by atoms with E-state index < -0.39 is 0 Å². The smallest absolute Gasteiger partial charge is 0.133 e. The van der Waals surface area contributed by atoms with E-state index in [2.05, 4.69) is 62.0 Å². The van der Waals surface area contributed by atoms with Gasteiger partial charge < -0.3 is 9.88 Å². The molecule has 2 aromatic carbocycles. The summed E-state index contributed by atoms with van der Waals surface area (Å²) in [6.07, 6.45) is 5.33. The number of hydrogen-bond donors (Lipinski definition) is 1. The summed E-state index contributed by atoms with van der Waals surface area (Å²) in [5.41, 5.74) is 4.24. The van der Waals surface area contributed by atoms with Crippen LogP contribution in [0.5, 0.6) is 0 Å². The second kappa shape index (κ2) is 6.66. The predicted molar refractivity (Wildman–Crippen MR) is 114 cm³/mol. The van der Waals surface area contributed by atoms with Crippen LogP contribution in [0.2, 0.25) is 0 Å². The number of halogens is 2. The molecule has 0 bridgehead atoms. The quantitative estimate of drug-likeness (QED) is 0.479. The largest absolute Gasteiger partial charge is 0.357 e. The summed E-state index contributed by atoms with van der Waals surface area (Å²) in [7, 11) is 0. The molecule has 1 aliphatic rings. The van der Waals surface area contributed by atoms with Gasteiger partial charge in [0.2, 0.25) is 0 Å². The molecule has 4 aromatic rings. The van der Waals surface area contributed by atoms with Crippen molar-refractivity contribution in [1.29, 1.82) is 0 Å². The van der Waals surface area contributed by atoms with E-state index in [0.717, 1.165) is 42.1 Å². The molecule has 2 aromatic heterocycles. The molecule has 5 rings (SSSR count). The second-order valence-corrected chi connectivity index (χ2v) is 8.56. The molecule has 1 N–H and O–H groups in total.